The molecule has 0 fully saturated rings. The summed E-state index contributed by atoms with van der Waals surface area (Å²) in [6.45, 7) is 5.07. The van der Waals surface area contributed by atoms with E-state index in [0.717, 1.165) is 5.56 Å². The highest BCUT2D eigenvalue weighted by molar-refractivity contribution is 5.30. The Morgan fingerprint density at radius 1 is 1.44 bits per heavy atom. The van der Waals surface area contributed by atoms with Gasteiger partial charge in [-0.1, -0.05) is 6.07 Å². The quantitative estimate of drug-likeness (QED) is 0.810. The molecule has 1 rings (SSSR count). The van der Waals surface area contributed by atoms with Crippen molar-refractivity contribution in [3.63, 3.8) is 0 Å². The van der Waals surface area contributed by atoms with Crippen molar-refractivity contribution in [2.45, 2.75) is 20.0 Å². The molecule has 0 aliphatic heterocycles. The summed E-state index contributed by atoms with van der Waals surface area (Å²) in [4.78, 5) is 0. The van der Waals surface area contributed by atoms with Gasteiger partial charge in [-0.25, -0.2) is 4.39 Å². The summed E-state index contributed by atoms with van der Waals surface area (Å²) in [5.41, 5.74) is 6.12. The minimum atomic E-state index is -0.359. The molecule has 0 saturated carbocycles. The average Bonchev–Trinajstić information content (AvgIpc) is 2.29. The van der Waals surface area contributed by atoms with Crippen molar-refractivity contribution in [3.05, 3.63) is 29.6 Å². The fraction of sp³-hybridized carbons (Fsp3) is 0.500. The first-order valence-electron chi connectivity index (χ1n) is 5.43. The van der Waals surface area contributed by atoms with Crippen molar-refractivity contribution in [1.29, 1.82) is 0 Å². The van der Waals surface area contributed by atoms with Crippen LogP contribution in [-0.4, -0.2) is 19.8 Å². The van der Waals surface area contributed by atoms with Gasteiger partial charge in [0, 0.05) is 6.54 Å². The third-order valence-electron chi connectivity index (χ3n) is 2.21. The molecule has 90 valence electrons. The molecule has 3 nitrogen and oxygen atoms in total. The van der Waals surface area contributed by atoms with E-state index >= 15 is 0 Å². The van der Waals surface area contributed by atoms with Crippen molar-refractivity contribution in [1.82, 2.24) is 0 Å². The number of hydrogen-bond donors (Lipinski definition) is 1. The zero-order chi connectivity index (χ0) is 12.0. The van der Waals surface area contributed by atoms with Crippen molar-refractivity contribution < 1.29 is 13.9 Å². The summed E-state index contributed by atoms with van der Waals surface area (Å²) < 4.78 is 24.0. The van der Waals surface area contributed by atoms with Gasteiger partial charge in [0.15, 0.2) is 11.6 Å². The van der Waals surface area contributed by atoms with Crippen LogP contribution in [0.15, 0.2) is 18.2 Å². The fourth-order valence-corrected chi connectivity index (χ4v) is 1.38. The molecule has 0 bridgehead atoms. The minimum absolute atomic E-state index is 0.159. The number of nitrogens with two attached hydrogens (primary N) is 1. The lowest BCUT2D eigenvalue weighted by atomic mass is 10.1. The number of rotatable bonds is 6. The normalized spacial score (nSPS) is 12.5. The molecular formula is C12H18FNO2. The highest BCUT2D eigenvalue weighted by Crippen LogP contribution is 2.23. The highest BCUT2D eigenvalue weighted by atomic mass is 19.1. The first-order valence-corrected chi connectivity index (χ1v) is 5.43. The van der Waals surface area contributed by atoms with Gasteiger partial charge in [-0.3, -0.25) is 0 Å². The second kappa shape index (κ2) is 6.45. The summed E-state index contributed by atoms with van der Waals surface area (Å²) in [7, 11) is 0. The first-order chi connectivity index (χ1) is 7.69. The standard InChI is InChI=1S/C12H18FNO2/c1-3-15-12-5-4-10(8-11(12)13)9(2)16-7-6-14/h4-5,8-9H,3,6-7,14H2,1-2H3. The Morgan fingerprint density at radius 2 is 2.19 bits per heavy atom. The maximum Gasteiger partial charge on any atom is 0.165 e. The van der Waals surface area contributed by atoms with E-state index in [9.17, 15) is 4.39 Å². The third-order valence-corrected chi connectivity index (χ3v) is 2.21. The second-order valence-corrected chi connectivity index (χ2v) is 3.42. The maximum atomic E-state index is 13.5. The predicted molar refractivity (Wildman–Crippen MR) is 61.0 cm³/mol. The van der Waals surface area contributed by atoms with Crippen LogP contribution < -0.4 is 10.5 Å². The van der Waals surface area contributed by atoms with Crippen molar-refractivity contribution in [2.75, 3.05) is 19.8 Å². The molecule has 0 aliphatic rings. The highest BCUT2D eigenvalue weighted by Gasteiger charge is 2.09. The molecule has 0 saturated heterocycles. The Bertz CT molecular complexity index is 331. The Labute approximate surface area is 95.4 Å². The molecule has 1 aromatic rings. The monoisotopic (exact) mass is 227 g/mol. The molecule has 0 aromatic heterocycles. The minimum Gasteiger partial charge on any atom is -0.491 e. The van der Waals surface area contributed by atoms with Crippen LogP contribution in [0.2, 0.25) is 0 Å². The van der Waals surface area contributed by atoms with Gasteiger partial charge in [-0.15, -0.1) is 0 Å². The molecule has 16 heavy (non-hydrogen) atoms. The van der Waals surface area contributed by atoms with E-state index in [1.807, 2.05) is 13.8 Å². The summed E-state index contributed by atoms with van der Waals surface area (Å²) in [5, 5.41) is 0. The van der Waals surface area contributed by atoms with Crippen LogP contribution in [0.1, 0.15) is 25.5 Å². The summed E-state index contributed by atoms with van der Waals surface area (Å²) in [6, 6.07) is 4.86. The number of benzene rings is 1. The largest absolute Gasteiger partial charge is 0.491 e. The van der Waals surface area contributed by atoms with Gasteiger partial charge < -0.3 is 15.2 Å². The molecule has 4 heteroatoms. The molecule has 0 amide bonds. The smallest absolute Gasteiger partial charge is 0.165 e. The van der Waals surface area contributed by atoms with E-state index in [1.54, 1.807) is 12.1 Å². The van der Waals surface area contributed by atoms with E-state index in [1.165, 1.54) is 6.07 Å². The first kappa shape index (κ1) is 12.9. The molecule has 1 atom stereocenters. The van der Waals surface area contributed by atoms with E-state index < -0.39 is 0 Å². The lowest BCUT2D eigenvalue weighted by Gasteiger charge is -2.14. The molecule has 1 aromatic carbocycles. The third kappa shape index (κ3) is 3.47. The van der Waals surface area contributed by atoms with Crippen LogP contribution in [0.25, 0.3) is 0 Å². The lowest BCUT2D eigenvalue weighted by Crippen LogP contribution is -2.11. The Kier molecular flexibility index (Phi) is 5.22. The lowest BCUT2D eigenvalue weighted by molar-refractivity contribution is 0.0715. The number of halogens is 1. The van der Waals surface area contributed by atoms with Crippen LogP contribution in [-0.2, 0) is 4.74 Å². The van der Waals surface area contributed by atoms with Crippen LogP contribution in [0.5, 0.6) is 5.75 Å². The van der Waals surface area contributed by atoms with E-state index in [2.05, 4.69) is 0 Å². The molecule has 0 radical (unpaired) electrons. The topological polar surface area (TPSA) is 44.5 Å². The van der Waals surface area contributed by atoms with Gasteiger partial charge in [0.25, 0.3) is 0 Å². The van der Waals surface area contributed by atoms with Crippen LogP contribution in [0.3, 0.4) is 0 Å². The predicted octanol–water partition coefficient (Wildman–Crippen LogP) is 2.26. The second-order valence-electron chi connectivity index (χ2n) is 3.42. The van der Waals surface area contributed by atoms with E-state index in [4.69, 9.17) is 15.2 Å². The molecular weight excluding hydrogens is 209 g/mol. The Morgan fingerprint density at radius 3 is 2.75 bits per heavy atom. The van der Waals surface area contributed by atoms with Crippen LogP contribution >= 0.6 is 0 Å². The van der Waals surface area contributed by atoms with Gasteiger partial charge in [0.05, 0.1) is 19.3 Å². The van der Waals surface area contributed by atoms with Crippen LogP contribution in [0.4, 0.5) is 4.39 Å². The maximum absolute atomic E-state index is 13.5. The van der Waals surface area contributed by atoms with E-state index in [-0.39, 0.29) is 17.7 Å². The molecule has 1 unspecified atom stereocenters. The number of hydrogen-bond acceptors (Lipinski definition) is 3. The van der Waals surface area contributed by atoms with Gasteiger partial charge in [-0.05, 0) is 31.5 Å². The van der Waals surface area contributed by atoms with Gasteiger partial charge in [0.2, 0.25) is 0 Å². The summed E-state index contributed by atoms with van der Waals surface area (Å²) in [6.07, 6.45) is -0.159. The molecule has 2 N–H and O–H groups in total. The zero-order valence-electron chi connectivity index (χ0n) is 9.70. The fourth-order valence-electron chi connectivity index (χ4n) is 1.38. The van der Waals surface area contributed by atoms with Crippen molar-refractivity contribution >= 4 is 0 Å². The summed E-state index contributed by atoms with van der Waals surface area (Å²) >= 11 is 0. The van der Waals surface area contributed by atoms with Crippen LogP contribution in [0, 0.1) is 5.82 Å². The number of ether oxygens (including phenoxy) is 2. The van der Waals surface area contributed by atoms with Gasteiger partial charge in [0.1, 0.15) is 0 Å². The Hall–Kier alpha value is -1.13. The molecule has 0 heterocycles. The van der Waals surface area contributed by atoms with Gasteiger partial charge in [-0.2, -0.15) is 0 Å². The van der Waals surface area contributed by atoms with E-state index in [0.29, 0.717) is 19.8 Å². The SMILES string of the molecule is CCOc1ccc(C(C)OCCN)cc1F. The molecule has 0 spiro atoms. The molecule has 0 aliphatic carbocycles. The van der Waals surface area contributed by atoms with Gasteiger partial charge >= 0.3 is 0 Å². The zero-order valence-corrected chi connectivity index (χ0v) is 9.70. The Balaban J connectivity index is 2.71. The average molecular weight is 227 g/mol. The van der Waals surface area contributed by atoms with Crippen molar-refractivity contribution in [2.24, 2.45) is 5.73 Å². The summed E-state index contributed by atoms with van der Waals surface area (Å²) in [5.74, 6) is -0.0835. The van der Waals surface area contributed by atoms with Crippen molar-refractivity contribution in [3.8, 4) is 5.75 Å².